The van der Waals surface area contributed by atoms with Crippen LogP contribution in [0.2, 0.25) is 0 Å². The van der Waals surface area contributed by atoms with E-state index >= 15 is 0 Å². The van der Waals surface area contributed by atoms with Gasteiger partial charge in [-0.2, -0.15) is 0 Å². The molecule has 1 aromatic carbocycles. The molecule has 162 valence electrons. The van der Waals surface area contributed by atoms with Crippen LogP contribution in [0.5, 0.6) is 0 Å². The molecule has 0 atom stereocenters. The van der Waals surface area contributed by atoms with Gasteiger partial charge < -0.3 is 18.9 Å². The molecule has 0 fully saturated rings. The van der Waals surface area contributed by atoms with Gasteiger partial charge in [0.05, 0.1) is 37.6 Å². The van der Waals surface area contributed by atoms with E-state index in [4.69, 9.17) is 18.9 Å². The Morgan fingerprint density at radius 1 is 0.633 bits per heavy atom. The highest BCUT2D eigenvalue weighted by atomic mass is 16.5. The molecule has 8 nitrogen and oxygen atoms in total. The number of hydrogen-bond donors (Lipinski definition) is 0. The molecule has 0 unspecified atom stereocenters. The normalized spacial score (nSPS) is 10.8. The van der Waals surface area contributed by atoms with Crippen molar-refractivity contribution in [2.45, 2.75) is 27.7 Å². The zero-order valence-corrected chi connectivity index (χ0v) is 17.6. The molecule has 0 aliphatic heterocycles. The highest BCUT2D eigenvalue weighted by Gasteiger charge is 2.19. The van der Waals surface area contributed by atoms with Crippen LogP contribution >= 0.6 is 0 Å². The molecule has 0 aromatic heterocycles. The Morgan fingerprint density at radius 2 is 0.967 bits per heavy atom. The van der Waals surface area contributed by atoms with E-state index < -0.39 is 23.9 Å². The lowest BCUT2D eigenvalue weighted by atomic mass is 9.97. The Kier molecular flexibility index (Phi) is 10.6. The van der Waals surface area contributed by atoms with Crippen molar-refractivity contribution in [2.24, 2.45) is 0 Å². The Bertz CT molecular complexity index is 766. The molecule has 0 spiro atoms. The number of carbonyl (C=O) groups is 4. The van der Waals surface area contributed by atoms with Crippen molar-refractivity contribution >= 4 is 36.0 Å². The first-order chi connectivity index (χ1) is 14.4. The van der Waals surface area contributed by atoms with Crippen molar-refractivity contribution in [1.29, 1.82) is 0 Å². The van der Waals surface area contributed by atoms with Gasteiger partial charge in [0.25, 0.3) is 0 Å². The maximum Gasteiger partial charge on any atom is 0.338 e. The lowest BCUT2D eigenvalue weighted by Gasteiger charge is -2.12. The summed E-state index contributed by atoms with van der Waals surface area (Å²) >= 11 is 0. The second-order valence-electron chi connectivity index (χ2n) is 5.64. The third-order valence-corrected chi connectivity index (χ3v) is 3.58. The number of benzene rings is 1. The molecule has 0 aliphatic rings. The second-order valence-corrected chi connectivity index (χ2v) is 5.64. The highest BCUT2D eigenvalue weighted by molar-refractivity contribution is 6.02. The largest absolute Gasteiger partial charge is 0.463 e. The predicted octanol–water partition coefficient (Wildman–Crippen LogP) is 3.19. The van der Waals surface area contributed by atoms with Gasteiger partial charge in [-0.1, -0.05) is 0 Å². The fourth-order valence-electron chi connectivity index (χ4n) is 2.38. The van der Waals surface area contributed by atoms with Gasteiger partial charge >= 0.3 is 23.9 Å². The van der Waals surface area contributed by atoms with Crippen LogP contribution in [-0.4, -0.2) is 50.3 Å². The average molecular weight is 418 g/mol. The second kappa shape index (κ2) is 12.9. The molecule has 0 bridgehead atoms. The summed E-state index contributed by atoms with van der Waals surface area (Å²) < 4.78 is 19.8. The number of ether oxygens (including phenoxy) is 4. The minimum atomic E-state index is -0.651. The van der Waals surface area contributed by atoms with E-state index in [0.29, 0.717) is 0 Å². The summed E-state index contributed by atoms with van der Waals surface area (Å²) in [5.41, 5.74) is 0.735. The summed E-state index contributed by atoms with van der Waals surface area (Å²) in [5, 5.41) is 0. The third kappa shape index (κ3) is 7.54. The third-order valence-electron chi connectivity index (χ3n) is 3.58. The molecule has 0 saturated carbocycles. The Labute approximate surface area is 175 Å². The van der Waals surface area contributed by atoms with Crippen molar-refractivity contribution in [1.82, 2.24) is 0 Å². The van der Waals surface area contributed by atoms with Crippen LogP contribution < -0.4 is 0 Å². The average Bonchev–Trinajstić information content (AvgIpc) is 2.71. The van der Waals surface area contributed by atoms with E-state index in [1.165, 1.54) is 24.3 Å². The van der Waals surface area contributed by atoms with E-state index in [9.17, 15) is 19.2 Å². The van der Waals surface area contributed by atoms with E-state index in [0.717, 1.165) is 12.2 Å². The predicted molar refractivity (Wildman–Crippen MR) is 110 cm³/mol. The highest BCUT2D eigenvalue weighted by Crippen LogP contribution is 2.22. The Balaban J connectivity index is 3.56. The zero-order valence-electron chi connectivity index (χ0n) is 17.6. The summed E-state index contributed by atoms with van der Waals surface area (Å²) in [5.74, 6) is -2.50. The van der Waals surface area contributed by atoms with Crippen LogP contribution in [0, 0.1) is 0 Å². The maximum atomic E-state index is 12.4. The van der Waals surface area contributed by atoms with Crippen LogP contribution in [0.15, 0.2) is 24.3 Å². The molecule has 0 radical (unpaired) electrons. The number of hydrogen-bond acceptors (Lipinski definition) is 8. The topological polar surface area (TPSA) is 105 Å². The van der Waals surface area contributed by atoms with Gasteiger partial charge in [0.1, 0.15) is 0 Å². The first kappa shape index (κ1) is 24.6. The molecule has 0 heterocycles. The Hall–Kier alpha value is -3.42. The van der Waals surface area contributed by atoms with Gasteiger partial charge in [0, 0.05) is 12.2 Å². The molecule has 30 heavy (non-hydrogen) atoms. The maximum absolute atomic E-state index is 12.4. The van der Waals surface area contributed by atoms with Gasteiger partial charge in [-0.3, -0.25) is 0 Å². The number of carbonyl (C=O) groups excluding carboxylic acids is 4. The van der Waals surface area contributed by atoms with Crippen molar-refractivity contribution in [3.63, 3.8) is 0 Å². The van der Waals surface area contributed by atoms with Crippen LogP contribution in [-0.2, 0) is 28.5 Å². The molecule has 0 aliphatic carbocycles. The van der Waals surface area contributed by atoms with E-state index in [2.05, 4.69) is 0 Å². The van der Waals surface area contributed by atoms with Crippen LogP contribution in [0.3, 0.4) is 0 Å². The Morgan fingerprint density at radius 3 is 1.27 bits per heavy atom. The minimum Gasteiger partial charge on any atom is -0.463 e. The van der Waals surface area contributed by atoms with Gasteiger partial charge in [0.15, 0.2) is 0 Å². The van der Waals surface area contributed by atoms with Crippen molar-refractivity contribution < 1.29 is 38.1 Å². The van der Waals surface area contributed by atoms with E-state index in [-0.39, 0.29) is 48.7 Å². The van der Waals surface area contributed by atoms with Gasteiger partial charge in [-0.25, -0.2) is 19.2 Å². The fourth-order valence-corrected chi connectivity index (χ4v) is 2.38. The van der Waals surface area contributed by atoms with E-state index in [1.807, 2.05) is 0 Å². The monoisotopic (exact) mass is 418 g/mol. The zero-order chi connectivity index (χ0) is 22.5. The van der Waals surface area contributed by atoms with Gasteiger partial charge in [0.2, 0.25) is 0 Å². The molecule has 0 N–H and O–H groups in total. The van der Waals surface area contributed by atoms with Gasteiger partial charge in [-0.15, -0.1) is 0 Å². The van der Waals surface area contributed by atoms with Crippen LogP contribution in [0.4, 0.5) is 0 Å². The molecule has 8 heteroatoms. The standard InChI is InChI=1S/C22H26O8/c1-5-27-19(23)11-9-15-13-18(22(26)30-8-4)16(10-12-20(24)28-6-2)14-17(15)21(25)29-7-3/h9-14H,5-8H2,1-4H3/b11-9+,12-10+. The van der Waals surface area contributed by atoms with Crippen LogP contribution in [0.1, 0.15) is 59.5 Å². The quantitative estimate of drug-likeness (QED) is 0.324. The molecular formula is C22H26O8. The number of esters is 4. The molecule has 0 saturated heterocycles. The van der Waals surface area contributed by atoms with Crippen molar-refractivity contribution in [3.8, 4) is 0 Å². The first-order valence-corrected chi connectivity index (χ1v) is 9.59. The molecule has 0 amide bonds. The summed E-state index contributed by atoms with van der Waals surface area (Å²) in [6.45, 7) is 7.29. The van der Waals surface area contributed by atoms with E-state index in [1.54, 1.807) is 27.7 Å². The molecule has 1 aromatic rings. The van der Waals surface area contributed by atoms with Crippen LogP contribution in [0.25, 0.3) is 12.2 Å². The lowest BCUT2D eigenvalue weighted by Crippen LogP contribution is -2.12. The number of rotatable bonds is 10. The lowest BCUT2D eigenvalue weighted by molar-refractivity contribution is -0.138. The summed E-state index contributed by atoms with van der Waals surface area (Å²) in [4.78, 5) is 48.2. The van der Waals surface area contributed by atoms with Crippen molar-refractivity contribution in [3.05, 3.63) is 46.5 Å². The first-order valence-electron chi connectivity index (χ1n) is 9.59. The molecular weight excluding hydrogens is 392 g/mol. The van der Waals surface area contributed by atoms with Crippen molar-refractivity contribution in [2.75, 3.05) is 26.4 Å². The fraction of sp³-hybridized carbons (Fsp3) is 0.364. The summed E-state index contributed by atoms with van der Waals surface area (Å²) in [6.07, 6.45) is 4.99. The smallest absolute Gasteiger partial charge is 0.338 e. The minimum absolute atomic E-state index is 0.106. The van der Waals surface area contributed by atoms with Gasteiger partial charge in [-0.05, 0) is 63.1 Å². The SMILES string of the molecule is CCOC(=O)/C=C/c1cc(C(=O)OCC)c(/C=C/C(=O)OCC)cc1C(=O)OCC. The summed E-state index contributed by atoms with van der Waals surface area (Å²) in [6, 6.07) is 2.79. The molecule has 1 rings (SSSR count). The summed E-state index contributed by atoms with van der Waals surface area (Å²) in [7, 11) is 0.